The minimum atomic E-state index is -3.09. The average Bonchev–Trinajstić information content (AvgIpc) is 2.88. The van der Waals surface area contributed by atoms with Crippen molar-refractivity contribution in [1.29, 1.82) is 0 Å². The molecule has 2 heterocycles. The zero-order valence-corrected chi connectivity index (χ0v) is 20.6. The fourth-order valence-electron chi connectivity index (χ4n) is 3.36. The van der Waals surface area contributed by atoms with Crippen LogP contribution in [0.2, 0.25) is 0 Å². The number of ether oxygens (including phenoxy) is 3. The van der Waals surface area contributed by atoms with Gasteiger partial charge in [-0.1, -0.05) is 12.1 Å². The van der Waals surface area contributed by atoms with Crippen LogP contribution in [0.15, 0.2) is 72.1 Å². The molecule has 0 fully saturated rings. The van der Waals surface area contributed by atoms with Gasteiger partial charge >= 0.3 is 6.09 Å². The zero-order valence-electron chi connectivity index (χ0n) is 19.8. The first-order valence-corrected chi connectivity index (χ1v) is 12.7. The van der Waals surface area contributed by atoms with Crippen molar-refractivity contribution >= 4 is 44.1 Å². The van der Waals surface area contributed by atoms with Crippen LogP contribution in [-0.4, -0.2) is 44.8 Å². The Balaban J connectivity index is 1.56. The van der Waals surface area contributed by atoms with Gasteiger partial charge < -0.3 is 19.5 Å². The van der Waals surface area contributed by atoms with E-state index in [0.717, 1.165) is 16.6 Å². The van der Waals surface area contributed by atoms with Crippen LogP contribution in [0.25, 0.3) is 10.9 Å². The molecule has 186 valence electrons. The summed E-state index contributed by atoms with van der Waals surface area (Å²) in [5.74, 6) is 5.24. The van der Waals surface area contributed by atoms with Crippen molar-refractivity contribution in [2.24, 2.45) is 0 Å². The van der Waals surface area contributed by atoms with Crippen LogP contribution in [0.5, 0.6) is 11.5 Å². The van der Waals surface area contributed by atoms with E-state index >= 15 is 0 Å². The molecular formula is C25H25N5O5S. The van der Waals surface area contributed by atoms with Crippen molar-refractivity contribution in [2.45, 2.75) is 18.4 Å². The van der Waals surface area contributed by atoms with Crippen molar-refractivity contribution in [1.82, 2.24) is 19.7 Å². The molecule has 10 nitrogen and oxygen atoms in total. The van der Waals surface area contributed by atoms with E-state index in [-0.39, 0.29) is 13.2 Å². The van der Waals surface area contributed by atoms with Crippen molar-refractivity contribution in [3.8, 4) is 11.5 Å². The summed E-state index contributed by atoms with van der Waals surface area (Å²) in [6, 6.07) is 14.1. The summed E-state index contributed by atoms with van der Waals surface area (Å²) in [5.41, 5.74) is 2.22. The van der Waals surface area contributed by atoms with E-state index in [1.807, 2.05) is 18.2 Å². The number of amides is 1. The van der Waals surface area contributed by atoms with E-state index < -0.39 is 15.8 Å². The van der Waals surface area contributed by atoms with Gasteiger partial charge in [-0.15, -0.1) is 0 Å². The Hall–Kier alpha value is -4.38. The van der Waals surface area contributed by atoms with Crippen LogP contribution in [0, 0.1) is 0 Å². The molecule has 2 aromatic carbocycles. The largest absolute Gasteiger partial charge is 0.493 e. The molecule has 1 unspecified atom stereocenters. The molecule has 0 radical (unpaired) electrons. The Morgan fingerprint density at radius 3 is 2.64 bits per heavy atom. The Labute approximate surface area is 208 Å². The molecule has 0 aliphatic rings. The molecular weight excluding hydrogens is 482 g/mol. The first-order chi connectivity index (χ1) is 17.4. The number of hydrogen-bond acceptors (Lipinski definition) is 9. The van der Waals surface area contributed by atoms with Crippen molar-refractivity contribution in [3.05, 3.63) is 72.8 Å². The van der Waals surface area contributed by atoms with E-state index in [2.05, 4.69) is 30.9 Å². The maximum absolute atomic E-state index is 12.9. The monoisotopic (exact) mass is 507 g/mol. The molecule has 2 aromatic heterocycles. The van der Waals surface area contributed by atoms with Gasteiger partial charge in [-0.25, -0.2) is 23.7 Å². The first-order valence-electron chi connectivity index (χ1n) is 10.9. The molecule has 1 atom stereocenters. The van der Waals surface area contributed by atoms with Gasteiger partial charge in [-0.3, -0.25) is 4.98 Å². The van der Waals surface area contributed by atoms with Gasteiger partial charge in [0.05, 0.1) is 33.8 Å². The lowest BCUT2D eigenvalue weighted by atomic mass is 10.2. The summed E-state index contributed by atoms with van der Waals surface area (Å²) in [4.78, 5) is 24.8. The summed E-state index contributed by atoms with van der Waals surface area (Å²) in [6.45, 7) is 1.97. The lowest BCUT2D eigenvalue weighted by Crippen LogP contribution is -2.31. The number of aromatic nitrogens is 3. The molecule has 1 amide bonds. The van der Waals surface area contributed by atoms with Gasteiger partial charge in [0.2, 0.25) is 0 Å². The van der Waals surface area contributed by atoms with Crippen molar-refractivity contribution in [2.75, 3.05) is 19.0 Å². The number of pyridine rings is 1. The fraction of sp³-hybridized carbons (Fsp3) is 0.160. The van der Waals surface area contributed by atoms with Gasteiger partial charge in [-0.2, -0.15) is 0 Å². The molecule has 0 saturated carbocycles. The lowest BCUT2D eigenvalue weighted by molar-refractivity contribution is 0.159. The third-order valence-electron chi connectivity index (χ3n) is 5.06. The molecule has 0 aliphatic heterocycles. The van der Waals surface area contributed by atoms with E-state index in [1.165, 1.54) is 6.33 Å². The summed E-state index contributed by atoms with van der Waals surface area (Å²) in [6.07, 6.45) is 4.05. The normalized spacial score (nSPS) is 12.4. The topological polar surface area (TPSA) is 125 Å². The highest BCUT2D eigenvalue weighted by atomic mass is 32.2. The van der Waals surface area contributed by atoms with Gasteiger partial charge in [0.15, 0.2) is 11.5 Å². The van der Waals surface area contributed by atoms with Crippen molar-refractivity contribution in [3.63, 3.8) is 0 Å². The SMILES string of the molecule is C=S(=O)(NC(=O)OCC)c1cccc(COc2cc3ncnc(Nc4ccncc4)c3cc2OC)c1. The van der Waals surface area contributed by atoms with Gasteiger partial charge in [0, 0.05) is 29.5 Å². The highest BCUT2D eigenvalue weighted by molar-refractivity contribution is 7.99. The number of carbonyl (C=O) groups is 1. The second-order valence-corrected chi connectivity index (χ2v) is 9.56. The second-order valence-electron chi connectivity index (χ2n) is 7.54. The Morgan fingerprint density at radius 2 is 1.89 bits per heavy atom. The summed E-state index contributed by atoms with van der Waals surface area (Å²) in [5, 5.41) is 4.01. The molecule has 11 heteroatoms. The van der Waals surface area contributed by atoms with E-state index in [9.17, 15) is 9.00 Å². The van der Waals surface area contributed by atoms with Crippen molar-refractivity contribution < 1.29 is 23.2 Å². The van der Waals surface area contributed by atoms with E-state index in [4.69, 9.17) is 14.2 Å². The molecule has 0 spiro atoms. The van der Waals surface area contributed by atoms with Crippen LogP contribution in [-0.2, 0) is 21.1 Å². The number of anilines is 2. The number of fused-ring (bicyclic) bond motifs is 1. The summed E-state index contributed by atoms with van der Waals surface area (Å²) >= 11 is 0. The van der Waals surface area contributed by atoms with Crippen LogP contribution in [0.3, 0.4) is 0 Å². The summed E-state index contributed by atoms with van der Waals surface area (Å²) in [7, 11) is -1.54. The van der Waals surface area contributed by atoms with E-state index in [0.29, 0.717) is 27.7 Å². The Bertz CT molecular complexity index is 1480. The predicted molar refractivity (Wildman–Crippen MR) is 138 cm³/mol. The average molecular weight is 508 g/mol. The van der Waals surface area contributed by atoms with Crippen LogP contribution >= 0.6 is 0 Å². The van der Waals surface area contributed by atoms with Crippen LogP contribution in [0.1, 0.15) is 12.5 Å². The minimum Gasteiger partial charge on any atom is -0.493 e. The highest BCUT2D eigenvalue weighted by Gasteiger charge is 2.15. The van der Waals surface area contributed by atoms with Gasteiger partial charge in [0.1, 0.15) is 18.8 Å². The number of benzene rings is 2. The Kier molecular flexibility index (Phi) is 7.50. The van der Waals surface area contributed by atoms with Gasteiger partial charge in [-0.05, 0) is 48.7 Å². The first kappa shape index (κ1) is 24.7. The number of nitrogens with one attached hydrogen (secondary N) is 2. The fourth-order valence-corrected chi connectivity index (χ4v) is 4.45. The number of methoxy groups -OCH3 is 1. The van der Waals surface area contributed by atoms with E-state index in [1.54, 1.807) is 56.8 Å². The number of rotatable bonds is 9. The highest BCUT2D eigenvalue weighted by Crippen LogP contribution is 2.35. The molecule has 4 aromatic rings. The number of hydrogen-bond donors (Lipinski definition) is 2. The smallest absolute Gasteiger partial charge is 0.418 e. The molecule has 0 bridgehead atoms. The Morgan fingerprint density at radius 1 is 1.08 bits per heavy atom. The molecule has 0 aliphatic carbocycles. The minimum absolute atomic E-state index is 0.151. The summed E-state index contributed by atoms with van der Waals surface area (Å²) < 4.78 is 31.6. The maximum atomic E-state index is 12.9. The standard InChI is InChI=1S/C25H25N5O5S/c1-4-34-25(31)30-36(3,32)19-7-5-6-17(12-19)15-35-23-14-21-20(13-22(23)33-2)24(28-16-27-21)29-18-8-10-26-11-9-18/h5-14,16H,3-4,15H2,1-2H3,(H,30,31,32)(H,26,27,28,29). The van der Waals surface area contributed by atoms with Gasteiger partial charge in [0.25, 0.3) is 0 Å². The maximum Gasteiger partial charge on any atom is 0.418 e. The third kappa shape index (κ3) is 5.81. The zero-order chi connectivity index (χ0) is 25.5. The predicted octanol–water partition coefficient (Wildman–Crippen LogP) is 4.09. The third-order valence-corrected chi connectivity index (χ3v) is 6.57. The van der Waals surface area contributed by atoms with Crippen LogP contribution in [0.4, 0.5) is 16.3 Å². The van der Waals surface area contributed by atoms with Crippen LogP contribution < -0.4 is 19.5 Å². The molecule has 0 saturated heterocycles. The quantitative estimate of drug-likeness (QED) is 0.322. The molecule has 4 rings (SSSR count). The second kappa shape index (κ2) is 10.9. The number of carbonyl (C=O) groups excluding carboxylic acids is 1. The molecule has 36 heavy (non-hydrogen) atoms. The lowest BCUT2D eigenvalue weighted by Gasteiger charge is -2.15. The molecule has 2 N–H and O–H groups in total. The number of nitrogens with zero attached hydrogens (tertiary/aromatic N) is 3.